The SMILES string of the molecule is CC(C)(C)C(=O)Nc1ccc(NC2CCCCCC2)nn1. The van der Waals surface area contributed by atoms with Crippen molar-refractivity contribution in [2.45, 2.75) is 65.3 Å². The molecule has 0 aromatic carbocycles. The van der Waals surface area contributed by atoms with E-state index in [0.29, 0.717) is 11.9 Å². The molecule has 21 heavy (non-hydrogen) atoms. The summed E-state index contributed by atoms with van der Waals surface area (Å²) < 4.78 is 0. The van der Waals surface area contributed by atoms with E-state index in [9.17, 15) is 4.79 Å². The van der Waals surface area contributed by atoms with E-state index in [4.69, 9.17) is 0 Å². The van der Waals surface area contributed by atoms with Crippen LogP contribution >= 0.6 is 0 Å². The number of hydrogen-bond acceptors (Lipinski definition) is 4. The van der Waals surface area contributed by atoms with Crippen molar-refractivity contribution in [3.05, 3.63) is 12.1 Å². The molecule has 1 aromatic rings. The van der Waals surface area contributed by atoms with Crippen LogP contribution in [0.25, 0.3) is 0 Å². The molecule has 1 saturated carbocycles. The normalized spacial score (nSPS) is 17.1. The van der Waals surface area contributed by atoms with Gasteiger partial charge in [0.2, 0.25) is 5.91 Å². The van der Waals surface area contributed by atoms with Gasteiger partial charge in [-0.3, -0.25) is 4.79 Å². The maximum atomic E-state index is 11.9. The molecule has 1 heterocycles. The van der Waals surface area contributed by atoms with Gasteiger partial charge in [0, 0.05) is 11.5 Å². The standard InChI is InChI=1S/C16H26N4O/c1-16(2,3)15(21)18-14-11-10-13(19-20-14)17-12-8-6-4-5-7-9-12/h10-12H,4-9H2,1-3H3,(H,17,19)(H,18,20,21). The molecule has 2 rings (SSSR count). The summed E-state index contributed by atoms with van der Waals surface area (Å²) in [5.41, 5.74) is -0.432. The van der Waals surface area contributed by atoms with Crippen LogP contribution < -0.4 is 10.6 Å². The molecule has 1 fully saturated rings. The lowest BCUT2D eigenvalue weighted by atomic mass is 9.96. The number of carbonyl (C=O) groups excluding carboxylic acids is 1. The second-order valence-electron chi connectivity index (χ2n) is 6.84. The van der Waals surface area contributed by atoms with Crippen molar-refractivity contribution in [3.8, 4) is 0 Å². The number of carbonyl (C=O) groups is 1. The lowest BCUT2D eigenvalue weighted by Crippen LogP contribution is -2.28. The van der Waals surface area contributed by atoms with Gasteiger partial charge in [-0.15, -0.1) is 10.2 Å². The first-order chi connectivity index (χ1) is 9.95. The van der Waals surface area contributed by atoms with Gasteiger partial charge in [-0.25, -0.2) is 0 Å². The molecule has 0 radical (unpaired) electrons. The third-order valence-electron chi connectivity index (χ3n) is 3.79. The van der Waals surface area contributed by atoms with Gasteiger partial charge in [0.25, 0.3) is 0 Å². The maximum absolute atomic E-state index is 11.9. The Morgan fingerprint density at radius 3 is 2.14 bits per heavy atom. The molecule has 0 bridgehead atoms. The molecule has 1 amide bonds. The third kappa shape index (κ3) is 4.99. The van der Waals surface area contributed by atoms with Gasteiger partial charge in [0.15, 0.2) is 5.82 Å². The highest BCUT2D eigenvalue weighted by Crippen LogP contribution is 2.21. The van der Waals surface area contributed by atoms with Crippen LogP contribution in [0.2, 0.25) is 0 Å². The number of nitrogens with one attached hydrogen (secondary N) is 2. The van der Waals surface area contributed by atoms with Crippen molar-refractivity contribution in [1.29, 1.82) is 0 Å². The highest BCUT2D eigenvalue weighted by atomic mass is 16.2. The molecule has 0 saturated heterocycles. The number of rotatable bonds is 3. The van der Waals surface area contributed by atoms with Gasteiger partial charge in [0.1, 0.15) is 5.82 Å². The van der Waals surface area contributed by atoms with Crippen molar-refractivity contribution < 1.29 is 4.79 Å². The van der Waals surface area contributed by atoms with Crippen molar-refractivity contribution in [2.24, 2.45) is 5.41 Å². The average molecular weight is 290 g/mol. The predicted octanol–water partition coefficient (Wildman–Crippen LogP) is 3.60. The number of aromatic nitrogens is 2. The Labute approximate surface area is 126 Å². The van der Waals surface area contributed by atoms with Crippen LogP contribution in [0, 0.1) is 5.41 Å². The van der Waals surface area contributed by atoms with Crippen molar-refractivity contribution in [2.75, 3.05) is 10.6 Å². The quantitative estimate of drug-likeness (QED) is 0.835. The minimum atomic E-state index is -0.432. The monoisotopic (exact) mass is 290 g/mol. The molecule has 0 spiro atoms. The molecule has 1 aromatic heterocycles. The van der Waals surface area contributed by atoms with Crippen LogP contribution in [0.3, 0.4) is 0 Å². The fourth-order valence-corrected chi connectivity index (χ4v) is 2.41. The fraction of sp³-hybridized carbons (Fsp3) is 0.688. The van der Waals surface area contributed by atoms with E-state index in [-0.39, 0.29) is 5.91 Å². The van der Waals surface area contributed by atoms with Gasteiger partial charge in [-0.05, 0) is 25.0 Å². The van der Waals surface area contributed by atoms with Crippen LogP contribution in [-0.2, 0) is 4.79 Å². The van der Waals surface area contributed by atoms with Gasteiger partial charge < -0.3 is 10.6 Å². The van der Waals surface area contributed by atoms with Gasteiger partial charge in [0.05, 0.1) is 0 Å². The molecule has 116 valence electrons. The summed E-state index contributed by atoms with van der Waals surface area (Å²) in [6, 6.07) is 4.18. The van der Waals surface area contributed by atoms with Crippen molar-refractivity contribution >= 4 is 17.5 Å². The number of anilines is 2. The first-order valence-electron chi connectivity index (χ1n) is 7.87. The number of nitrogens with zero attached hydrogens (tertiary/aromatic N) is 2. The number of hydrogen-bond donors (Lipinski definition) is 2. The Morgan fingerprint density at radius 1 is 1.05 bits per heavy atom. The zero-order chi connectivity index (χ0) is 15.3. The molecular weight excluding hydrogens is 264 g/mol. The first kappa shape index (κ1) is 15.7. The summed E-state index contributed by atoms with van der Waals surface area (Å²) in [7, 11) is 0. The summed E-state index contributed by atoms with van der Waals surface area (Å²) in [6.07, 6.45) is 7.63. The minimum absolute atomic E-state index is 0.0544. The highest BCUT2D eigenvalue weighted by molar-refractivity contribution is 5.93. The smallest absolute Gasteiger partial charge is 0.230 e. The topological polar surface area (TPSA) is 66.9 Å². The fourth-order valence-electron chi connectivity index (χ4n) is 2.41. The Morgan fingerprint density at radius 2 is 1.62 bits per heavy atom. The molecule has 0 atom stereocenters. The van der Waals surface area contributed by atoms with E-state index in [1.54, 1.807) is 6.07 Å². The van der Waals surface area contributed by atoms with Gasteiger partial charge in [-0.2, -0.15) is 0 Å². The summed E-state index contributed by atoms with van der Waals surface area (Å²) in [6.45, 7) is 5.62. The zero-order valence-electron chi connectivity index (χ0n) is 13.3. The average Bonchev–Trinajstić information content (AvgIpc) is 2.68. The Kier molecular flexibility index (Phi) is 5.15. The summed E-state index contributed by atoms with van der Waals surface area (Å²) in [4.78, 5) is 11.9. The molecular formula is C16H26N4O. The van der Waals surface area contributed by atoms with E-state index >= 15 is 0 Å². The van der Waals surface area contributed by atoms with E-state index in [1.807, 2.05) is 26.8 Å². The van der Waals surface area contributed by atoms with Crippen molar-refractivity contribution in [3.63, 3.8) is 0 Å². The lowest BCUT2D eigenvalue weighted by Gasteiger charge is -2.18. The summed E-state index contributed by atoms with van der Waals surface area (Å²) in [5.74, 6) is 1.23. The van der Waals surface area contributed by atoms with Crippen LogP contribution in [0.5, 0.6) is 0 Å². The maximum Gasteiger partial charge on any atom is 0.230 e. The second-order valence-corrected chi connectivity index (χ2v) is 6.84. The van der Waals surface area contributed by atoms with Crippen LogP contribution in [-0.4, -0.2) is 22.1 Å². The Bertz CT molecular complexity index is 456. The highest BCUT2D eigenvalue weighted by Gasteiger charge is 2.21. The van der Waals surface area contributed by atoms with Gasteiger partial charge in [-0.1, -0.05) is 46.5 Å². The third-order valence-corrected chi connectivity index (χ3v) is 3.79. The first-order valence-corrected chi connectivity index (χ1v) is 7.87. The second kappa shape index (κ2) is 6.87. The summed E-state index contributed by atoms with van der Waals surface area (Å²) >= 11 is 0. The van der Waals surface area contributed by atoms with Crippen LogP contribution in [0.1, 0.15) is 59.3 Å². The molecule has 0 aliphatic heterocycles. The van der Waals surface area contributed by atoms with E-state index in [1.165, 1.54) is 38.5 Å². The van der Waals surface area contributed by atoms with E-state index < -0.39 is 5.41 Å². The molecule has 5 heteroatoms. The molecule has 0 unspecified atom stereocenters. The van der Waals surface area contributed by atoms with Crippen LogP contribution in [0.4, 0.5) is 11.6 Å². The largest absolute Gasteiger partial charge is 0.366 e. The van der Waals surface area contributed by atoms with E-state index in [2.05, 4.69) is 20.8 Å². The Balaban J connectivity index is 1.91. The molecule has 1 aliphatic carbocycles. The predicted molar refractivity (Wildman–Crippen MR) is 85.2 cm³/mol. The zero-order valence-corrected chi connectivity index (χ0v) is 13.3. The van der Waals surface area contributed by atoms with Crippen molar-refractivity contribution in [1.82, 2.24) is 10.2 Å². The molecule has 5 nitrogen and oxygen atoms in total. The van der Waals surface area contributed by atoms with E-state index in [0.717, 1.165) is 5.82 Å². The summed E-state index contributed by atoms with van der Waals surface area (Å²) in [5, 5.41) is 14.5. The Hall–Kier alpha value is -1.65. The number of amides is 1. The minimum Gasteiger partial charge on any atom is -0.366 e. The van der Waals surface area contributed by atoms with Gasteiger partial charge >= 0.3 is 0 Å². The molecule has 2 N–H and O–H groups in total. The van der Waals surface area contributed by atoms with Crippen LogP contribution in [0.15, 0.2) is 12.1 Å². The lowest BCUT2D eigenvalue weighted by molar-refractivity contribution is -0.123. The molecule has 1 aliphatic rings.